The highest BCUT2D eigenvalue weighted by Gasteiger charge is 2.51. The van der Waals surface area contributed by atoms with Gasteiger partial charge in [-0.05, 0) is 59.5 Å². The number of aromatic nitrogens is 7. The van der Waals surface area contributed by atoms with E-state index in [0.717, 1.165) is 61.4 Å². The van der Waals surface area contributed by atoms with Crippen molar-refractivity contribution in [2.75, 3.05) is 47.6 Å². The first kappa shape index (κ1) is 81.2. The molecule has 2 saturated heterocycles. The number of allylic oxidation sites excluding steroid dienone is 1. The molecule has 5 aliphatic heterocycles. The Balaban J connectivity index is 0.983. The van der Waals surface area contributed by atoms with E-state index >= 15 is 19.2 Å². The van der Waals surface area contributed by atoms with Gasteiger partial charge < -0.3 is 116 Å². The van der Waals surface area contributed by atoms with Crippen molar-refractivity contribution in [2.24, 2.45) is 5.73 Å². The Kier molecular flexibility index (Phi) is 24.2. The van der Waals surface area contributed by atoms with Crippen molar-refractivity contribution in [3.63, 3.8) is 0 Å². The number of primary amides is 1. The number of aliphatic hydroxyl groups excluding tert-OH is 5. The average molecular weight is 1660 g/mol. The van der Waals surface area contributed by atoms with Gasteiger partial charge in [0.05, 0.1) is 62.0 Å². The number of hydrogen-bond acceptors (Lipinski definition) is 36. The Morgan fingerprint density at radius 2 is 1.51 bits per heavy atom. The van der Waals surface area contributed by atoms with Gasteiger partial charge in [0.1, 0.15) is 151 Å². The Bertz CT molecular complexity index is 5050. The number of aliphatic hydroxyl groups is 6. The van der Waals surface area contributed by atoms with E-state index < -0.39 is 176 Å². The number of esters is 2. The number of hydrogen-bond donors (Lipinski definition) is 13. The molecule has 8 aromatic rings. The number of rotatable bonds is 16. The molecule has 0 radical (unpaired) electrons. The number of amides is 6. The van der Waals surface area contributed by atoms with Gasteiger partial charge in [-0.3, -0.25) is 28.8 Å². The monoisotopic (exact) mass is 1660 g/mol. The van der Waals surface area contributed by atoms with Gasteiger partial charge in [-0.25, -0.2) is 39.5 Å². The van der Waals surface area contributed by atoms with Crippen molar-refractivity contribution in [2.45, 2.75) is 145 Å². The molecule has 6 amide bonds. The molecule has 13 rings (SSSR count). The number of aromatic hydroxyl groups is 1. The van der Waals surface area contributed by atoms with Crippen LogP contribution in [0.5, 0.6) is 5.75 Å². The average Bonchev–Trinajstić information content (AvgIpc) is 1.64. The summed E-state index contributed by atoms with van der Waals surface area (Å²) in [7, 11) is 4.80. The van der Waals surface area contributed by atoms with Crippen LogP contribution in [0.3, 0.4) is 0 Å². The number of likely N-dealkylation sites (N-methyl/N-ethyl adjacent to an activating group) is 1. The SMILES string of the molecule is C=C(NC(=O)c1csc(-c2nc3c(cc2O)-c2nc(cs2)C(=O)N[C@@H]([C@@H](C)O)C(=O)N/C(=C(\C)OC)c2nc(cs2)C(=O)N[C@@H]2c4nc(cs4)C(=O)N[C@@H](COC(=O)c4c5c6c(cccc6n4OCCCOC4O[C@H](CO)[C@@H](O)[C@H](O)[C@H]4O)COC(=O)[C@@H](O[C@H]4C[C@](C)(O)C(N(C)C)[C@H](C)O4)[C@H]2OC5)c2nc-3cs2)n1)C(N)=O. The summed E-state index contributed by atoms with van der Waals surface area (Å²) in [5.41, 5.74) is 1.95. The summed E-state index contributed by atoms with van der Waals surface area (Å²) in [4.78, 5) is 153. The van der Waals surface area contributed by atoms with E-state index in [-0.39, 0.29) is 136 Å². The number of nitrogens with two attached hydrogens (primary N) is 1. The summed E-state index contributed by atoms with van der Waals surface area (Å²) >= 11 is 4.35. The van der Waals surface area contributed by atoms with E-state index in [0.29, 0.717) is 0 Å². The van der Waals surface area contributed by atoms with Crippen LogP contribution in [0.2, 0.25) is 0 Å². The normalized spacial score (nSPS) is 26.5. The molecule has 0 aliphatic carbocycles. The molecule has 12 heterocycles. The van der Waals surface area contributed by atoms with Crippen molar-refractivity contribution in [1.82, 2.24) is 66.1 Å². The maximum Gasteiger partial charge on any atom is 0.358 e. The molecule has 15 atom stereocenters. The molecule has 5 aliphatic rings. The molecule has 600 valence electrons. The number of thiazole rings is 5. The number of ether oxygens (including phenoxy) is 8. The number of methoxy groups -OCH3 is 1. The van der Waals surface area contributed by atoms with Crippen molar-refractivity contribution >= 4 is 121 Å². The van der Waals surface area contributed by atoms with Crippen LogP contribution in [0.25, 0.3) is 49.3 Å². The highest BCUT2D eigenvalue weighted by Crippen LogP contribution is 2.43. The van der Waals surface area contributed by atoms with Crippen molar-refractivity contribution < 1.29 is 117 Å². The number of nitrogens with zero attached hydrogens (tertiary/aromatic N) is 8. The van der Waals surface area contributed by atoms with Gasteiger partial charge in [0.2, 0.25) is 5.91 Å². The van der Waals surface area contributed by atoms with Gasteiger partial charge in [0, 0.05) is 56.3 Å². The van der Waals surface area contributed by atoms with Gasteiger partial charge in [0.25, 0.3) is 29.5 Å². The molecule has 38 nitrogen and oxygen atoms in total. The standard InChI is InChI=1S/C70H76N14O24S5/c1-26(56(71)91)72-57(92)35-23-112-65(77-35)47-40(87)15-31-46(79-47)34-21-110-63(74-34)33-20-104-67(97)49-32-19-102-53(48(66-78-36(24-113-66)58(93)73-33)82-60(95)38-25-111-64(76-38)45(28(3)100-8)81-61(96)44(27(2)86)80-59(94)37-22-109-62(31)75-37)54(108-42-16-70(5,99)55(83(6)7)29(4)106-42)68(98)103-18-30-11-9-12-39(43(30)32)84(49)105-14-10-13-101-69-52(90)51(89)50(88)41(17-85)107-69/h9,11-12,15,21-25,27,29,33,41-42,44,48,50-55,69,85-90,99H,1,10,13-14,16-20H2,2-8H3,(H2,71,91)(H,72,92)(H,73,93)(H,80,94)(H,81,96)(H,82,95)/b45-28+/t27-,29+,33+,41-,42+,44+,48+,50-,51+,52-,53+,54+,55?,69?,70+/m1/s1. The van der Waals surface area contributed by atoms with Crippen molar-refractivity contribution in [3.05, 3.63) is 124 Å². The molecule has 2 fully saturated rings. The molecule has 1 aromatic carbocycles. The second-order valence-electron chi connectivity index (χ2n) is 27.1. The number of cyclic esters (lactones) is 2. The Hall–Kier alpha value is -9.78. The zero-order chi connectivity index (χ0) is 80.8. The summed E-state index contributed by atoms with van der Waals surface area (Å²) in [6.07, 6.45) is -15.9. The first-order valence-electron chi connectivity index (χ1n) is 34.8. The third-order valence-electron chi connectivity index (χ3n) is 18.9. The molecule has 0 spiro atoms. The van der Waals surface area contributed by atoms with Gasteiger partial charge in [-0.1, -0.05) is 18.7 Å². The molecule has 7 aromatic heterocycles. The van der Waals surface area contributed by atoms with E-state index in [4.69, 9.17) is 63.4 Å². The largest absolute Gasteiger partial charge is 0.506 e. The molecule has 43 heteroatoms. The van der Waals surface area contributed by atoms with Gasteiger partial charge in [-0.15, -0.1) is 56.7 Å². The topological polar surface area (TPSA) is 533 Å². The lowest BCUT2D eigenvalue weighted by Gasteiger charge is -2.48. The van der Waals surface area contributed by atoms with Crippen LogP contribution in [0.15, 0.2) is 69.2 Å². The second kappa shape index (κ2) is 33.7. The van der Waals surface area contributed by atoms with Crippen LogP contribution in [-0.2, 0) is 65.5 Å². The second-order valence-corrected chi connectivity index (χ2v) is 31.4. The minimum atomic E-state index is -1.98. The van der Waals surface area contributed by atoms with Crippen LogP contribution in [0.1, 0.15) is 131 Å². The fraction of sp³-hybridized carbons (Fsp3) is 0.429. The van der Waals surface area contributed by atoms with Gasteiger partial charge in [-0.2, -0.15) is 4.73 Å². The zero-order valence-electron chi connectivity index (χ0n) is 60.9. The summed E-state index contributed by atoms with van der Waals surface area (Å²) in [5.74, 6) is -8.50. The molecule has 113 heavy (non-hydrogen) atoms. The number of carbonyl (C=O) groups is 8. The summed E-state index contributed by atoms with van der Waals surface area (Å²) < 4.78 is 50.9. The third kappa shape index (κ3) is 16.8. The number of pyridine rings is 1. The van der Waals surface area contributed by atoms with Crippen LogP contribution in [-0.4, -0.2) is 249 Å². The predicted octanol–water partition coefficient (Wildman–Crippen LogP) is 1.29. The van der Waals surface area contributed by atoms with E-state index in [9.17, 15) is 54.9 Å². The maximum atomic E-state index is 15.8. The smallest absolute Gasteiger partial charge is 0.358 e. The quantitative estimate of drug-likeness (QED) is 0.0280. The lowest BCUT2D eigenvalue weighted by atomic mass is 9.85. The number of benzene rings is 1. The van der Waals surface area contributed by atoms with E-state index in [1.807, 2.05) is 0 Å². The summed E-state index contributed by atoms with van der Waals surface area (Å²) in [6.45, 7) is 6.23. The van der Waals surface area contributed by atoms with Crippen LogP contribution in [0.4, 0.5) is 0 Å². The van der Waals surface area contributed by atoms with Gasteiger partial charge in [0.15, 0.2) is 24.4 Å². The van der Waals surface area contributed by atoms with Gasteiger partial charge >= 0.3 is 11.9 Å². The third-order valence-corrected chi connectivity index (χ3v) is 23.4. The zero-order valence-corrected chi connectivity index (χ0v) is 65.0. The highest BCUT2D eigenvalue weighted by atomic mass is 32.1. The minimum Gasteiger partial charge on any atom is -0.506 e. The summed E-state index contributed by atoms with van der Waals surface area (Å²) in [6, 6.07) is 0.546. The van der Waals surface area contributed by atoms with Crippen LogP contribution < -0.4 is 37.2 Å². The lowest BCUT2D eigenvalue weighted by molar-refractivity contribution is -0.301. The molecule has 14 N–H and O–H groups in total. The molecular formula is C70H76N14O24S5. The van der Waals surface area contributed by atoms with E-state index in [1.54, 1.807) is 51.0 Å². The minimum absolute atomic E-state index is 0.00500. The Morgan fingerprint density at radius 3 is 2.23 bits per heavy atom. The number of fused-ring (bicyclic) bond motifs is 15. The molecular weight excluding hydrogens is 1580 g/mol. The van der Waals surface area contributed by atoms with Crippen molar-refractivity contribution in [1.29, 1.82) is 0 Å². The summed E-state index contributed by atoms with van der Waals surface area (Å²) in [5, 5.41) is 97.1. The fourth-order valence-electron chi connectivity index (χ4n) is 13.5. The molecule has 0 saturated carbocycles. The number of carbonyl (C=O) groups excluding carboxylic acids is 8. The lowest BCUT2D eigenvalue weighted by Crippen LogP contribution is -2.62. The molecule has 2 unspecified atom stereocenters. The van der Waals surface area contributed by atoms with Crippen LogP contribution in [0, 0.1) is 0 Å². The Labute approximate surface area is 660 Å². The van der Waals surface area contributed by atoms with Crippen LogP contribution >= 0.6 is 56.7 Å². The van der Waals surface area contributed by atoms with Crippen molar-refractivity contribution in [3.8, 4) is 38.4 Å². The highest BCUT2D eigenvalue weighted by molar-refractivity contribution is 7.14. The van der Waals surface area contributed by atoms with E-state index in [1.165, 1.54) is 53.9 Å². The van der Waals surface area contributed by atoms with E-state index in [2.05, 4.69) is 48.1 Å². The first-order chi connectivity index (χ1) is 53.9. The fourth-order valence-corrected chi connectivity index (χ4v) is 17.7. The predicted molar refractivity (Wildman–Crippen MR) is 399 cm³/mol. The molecule has 12 bridgehead atoms. The first-order valence-corrected chi connectivity index (χ1v) is 39.2. The Morgan fingerprint density at radius 1 is 0.832 bits per heavy atom. The number of nitrogens with one attached hydrogen (secondary N) is 5. The maximum absolute atomic E-state index is 15.8.